The zero-order chi connectivity index (χ0) is 54.2. The van der Waals surface area contributed by atoms with Crippen molar-refractivity contribution in [3.8, 4) is 0 Å². The molecule has 0 heterocycles. The lowest BCUT2D eigenvalue weighted by Crippen LogP contribution is -2.37. The molecule has 0 aliphatic carbocycles. The second-order valence-electron chi connectivity index (χ2n) is 22.1. The fourth-order valence-corrected chi connectivity index (χ4v) is 9.42. The van der Waals surface area contributed by atoms with E-state index in [1.165, 1.54) is 173 Å². The number of phosphoric acid groups is 1. The summed E-state index contributed by atoms with van der Waals surface area (Å²) in [6.07, 6.45) is 71.3. The number of carbonyl (C=O) groups is 2. The van der Waals surface area contributed by atoms with Crippen molar-refractivity contribution < 1.29 is 42.1 Å². The maximum atomic E-state index is 12.8. The normalized spacial score (nSPS) is 13.6. The molecule has 0 bridgehead atoms. The number of phosphoric ester groups is 1. The minimum absolute atomic E-state index is 0.0345. The van der Waals surface area contributed by atoms with Gasteiger partial charge in [0.15, 0.2) is 6.10 Å². The molecular formula is C64H118NO8P. The molecule has 0 radical (unpaired) electrons. The molecule has 0 saturated carbocycles. The Morgan fingerprint density at radius 2 is 0.730 bits per heavy atom. The lowest BCUT2D eigenvalue weighted by molar-refractivity contribution is -0.870. The van der Waals surface area contributed by atoms with E-state index in [-0.39, 0.29) is 32.0 Å². The van der Waals surface area contributed by atoms with E-state index in [0.717, 1.165) is 77.0 Å². The zero-order valence-corrected chi connectivity index (χ0v) is 49.9. The van der Waals surface area contributed by atoms with Gasteiger partial charge >= 0.3 is 11.9 Å². The number of carbonyl (C=O) groups excluding carboxylic acids is 2. The van der Waals surface area contributed by atoms with Crippen molar-refractivity contribution in [2.75, 3.05) is 47.5 Å². The van der Waals surface area contributed by atoms with Crippen molar-refractivity contribution in [3.05, 3.63) is 60.8 Å². The summed E-state index contributed by atoms with van der Waals surface area (Å²) in [4.78, 5) is 37.9. The van der Waals surface area contributed by atoms with Crippen molar-refractivity contribution in [1.29, 1.82) is 0 Å². The fraction of sp³-hybridized carbons (Fsp3) is 0.812. The number of rotatable bonds is 57. The molecule has 0 N–H and O–H groups in total. The standard InChI is InChI=1S/C64H118NO8P/c1-6-8-10-12-14-16-18-20-22-24-26-28-29-30-31-32-33-34-35-37-38-40-42-44-46-48-50-52-54-56-63(66)70-60-62(61-72-74(68,69)71-59-58-65(3,4)5)73-64(67)57-55-53-51-49-47-45-43-41-39-36-27-25-23-21-19-17-15-13-11-9-7-2/h18-21,24-27,39,41,62H,6-17,22-23,28-38,40,42-61H2,1-5H3/b20-18-,21-19-,26-24-,27-25-,41-39-. The summed E-state index contributed by atoms with van der Waals surface area (Å²) in [5, 5.41) is 0. The highest BCUT2D eigenvalue weighted by molar-refractivity contribution is 7.45. The molecule has 10 heteroatoms. The molecule has 0 rings (SSSR count). The number of quaternary nitrogens is 1. The maximum Gasteiger partial charge on any atom is 0.306 e. The van der Waals surface area contributed by atoms with Crippen molar-refractivity contribution in [3.63, 3.8) is 0 Å². The predicted molar refractivity (Wildman–Crippen MR) is 314 cm³/mol. The quantitative estimate of drug-likeness (QED) is 0.0195. The number of hydrogen-bond donors (Lipinski definition) is 0. The van der Waals surface area contributed by atoms with Gasteiger partial charge in [0.25, 0.3) is 7.82 Å². The Balaban J connectivity index is 4.11. The van der Waals surface area contributed by atoms with Gasteiger partial charge in [-0.05, 0) is 83.5 Å². The van der Waals surface area contributed by atoms with Crippen LogP contribution in [0.2, 0.25) is 0 Å². The Kier molecular flexibility index (Phi) is 53.7. The van der Waals surface area contributed by atoms with Gasteiger partial charge < -0.3 is 27.9 Å². The van der Waals surface area contributed by atoms with Crippen LogP contribution in [0, 0.1) is 0 Å². The van der Waals surface area contributed by atoms with Crippen LogP contribution in [0.3, 0.4) is 0 Å². The summed E-state index contributed by atoms with van der Waals surface area (Å²) in [5.41, 5.74) is 0. The first-order valence-corrected chi connectivity index (χ1v) is 32.5. The average Bonchev–Trinajstić information content (AvgIpc) is 3.36. The van der Waals surface area contributed by atoms with Gasteiger partial charge in [-0.2, -0.15) is 0 Å². The monoisotopic (exact) mass is 1060 g/mol. The predicted octanol–water partition coefficient (Wildman–Crippen LogP) is 18.9. The number of unbranched alkanes of at least 4 members (excludes halogenated alkanes) is 33. The second-order valence-corrected chi connectivity index (χ2v) is 23.5. The highest BCUT2D eigenvalue weighted by atomic mass is 31.2. The van der Waals surface area contributed by atoms with Crippen LogP contribution in [-0.2, 0) is 32.7 Å². The highest BCUT2D eigenvalue weighted by Gasteiger charge is 2.22. The van der Waals surface area contributed by atoms with Crippen LogP contribution in [0.5, 0.6) is 0 Å². The third-order valence-electron chi connectivity index (χ3n) is 13.5. The van der Waals surface area contributed by atoms with E-state index < -0.39 is 26.5 Å². The van der Waals surface area contributed by atoms with Crippen LogP contribution in [0.15, 0.2) is 60.8 Å². The lowest BCUT2D eigenvalue weighted by atomic mass is 10.0. The maximum absolute atomic E-state index is 12.8. The molecule has 2 unspecified atom stereocenters. The Morgan fingerprint density at radius 1 is 0.419 bits per heavy atom. The number of esters is 2. The Hall–Kier alpha value is -2.29. The third kappa shape index (κ3) is 59.0. The molecule has 432 valence electrons. The summed E-state index contributed by atoms with van der Waals surface area (Å²) in [6, 6.07) is 0. The van der Waals surface area contributed by atoms with Crippen molar-refractivity contribution >= 4 is 19.8 Å². The number of likely N-dealkylation sites (N-methyl/N-ethyl adjacent to an activating group) is 1. The van der Waals surface area contributed by atoms with Crippen LogP contribution in [0.4, 0.5) is 0 Å². The van der Waals surface area contributed by atoms with E-state index in [0.29, 0.717) is 17.4 Å². The number of allylic oxidation sites excluding steroid dienone is 10. The Bertz CT molecular complexity index is 1430. The molecule has 9 nitrogen and oxygen atoms in total. The highest BCUT2D eigenvalue weighted by Crippen LogP contribution is 2.38. The molecule has 0 aromatic rings. The molecule has 0 fully saturated rings. The van der Waals surface area contributed by atoms with E-state index in [1.807, 2.05) is 21.1 Å². The second kappa shape index (κ2) is 55.5. The zero-order valence-electron chi connectivity index (χ0n) is 49.0. The molecule has 0 amide bonds. The summed E-state index contributed by atoms with van der Waals surface area (Å²) < 4.78 is 34.2. The molecule has 0 aromatic carbocycles. The van der Waals surface area contributed by atoms with Gasteiger partial charge in [-0.25, -0.2) is 0 Å². The first-order valence-electron chi connectivity index (χ1n) is 31.0. The number of nitrogens with zero attached hydrogens (tertiary/aromatic N) is 1. The van der Waals surface area contributed by atoms with Crippen LogP contribution in [0.25, 0.3) is 0 Å². The average molecular weight is 1060 g/mol. The number of ether oxygens (including phenoxy) is 2. The van der Waals surface area contributed by atoms with Crippen molar-refractivity contribution in [2.24, 2.45) is 0 Å². The molecule has 0 aliphatic rings. The van der Waals surface area contributed by atoms with Crippen LogP contribution in [-0.4, -0.2) is 70.0 Å². The van der Waals surface area contributed by atoms with E-state index in [4.69, 9.17) is 18.5 Å². The molecule has 0 aliphatic heterocycles. The van der Waals surface area contributed by atoms with Gasteiger partial charge in [0.05, 0.1) is 27.7 Å². The summed E-state index contributed by atoms with van der Waals surface area (Å²) >= 11 is 0. The van der Waals surface area contributed by atoms with Crippen LogP contribution >= 0.6 is 7.82 Å². The SMILES string of the molecule is CCCCCCC/C=C\C/C=C\C/C=C\CCCCCCCCC(=O)OC(COC(=O)CCCCCCCCCCCCCCCCCCC/C=C\C/C=C\CCCCCCC)COP(=O)([O-])OCC[N+](C)(C)C. The van der Waals surface area contributed by atoms with Gasteiger partial charge in [-0.15, -0.1) is 0 Å². The summed E-state index contributed by atoms with van der Waals surface area (Å²) in [6.45, 7) is 4.23. The van der Waals surface area contributed by atoms with E-state index in [1.54, 1.807) is 0 Å². The van der Waals surface area contributed by atoms with Crippen LogP contribution in [0.1, 0.15) is 284 Å². The van der Waals surface area contributed by atoms with Crippen LogP contribution < -0.4 is 4.89 Å². The first-order chi connectivity index (χ1) is 36.0. The summed E-state index contributed by atoms with van der Waals surface area (Å²) in [5.74, 6) is -0.840. The van der Waals surface area contributed by atoms with Gasteiger partial charge in [0, 0.05) is 12.8 Å². The minimum atomic E-state index is -4.64. The van der Waals surface area contributed by atoms with E-state index in [9.17, 15) is 19.0 Å². The van der Waals surface area contributed by atoms with Crippen molar-refractivity contribution in [2.45, 2.75) is 290 Å². The van der Waals surface area contributed by atoms with Crippen molar-refractivity contribution in [1.82, 2.24) is 0 Å². The molecule has 74 heavy (non-hydrogen) atoms. The van der Waals surface area contributed by atoms with Gasteiger partial charge in [-0.3, -0.25) is 14.2 Å². The minimum Gasteiger partial charge on any atom is -0.756 e. The van der Waals surface area contributed by atoms with Gasteiger partial charge in [0.2, 0.25) is 0 Å². The van der Waals surface area contributed by atoms with Gasteiger partial charge in [0.1, 0.15) is 19.8 Å². The molecule has 0 saturated heterocycles. The molecule has 0 aromatic heterocycles. The molecular weight excluding hydrogens is 942 g/mol. The molecule has 2 atom stereocenters. The summed E-state index contributed by atoms with van der Waals surface area (Å²) in [7, 11) is 1.16. The Labute approximate surface area is 457 Å². The van der Waals surface area contributed by atoms with E-state index >= 15 is 0 Å². The lowest BCUT2D eigenvalue weighted by Gasteiger charge is -2.28. The smallest absolute Gasteiger partial charge is 0.306 e. The third-order valence-corrected chi connectivity index (χ3v) is 14.5. The van der Waals surface area contributed by atoms with Gasteiger partial charge in [-0.1, -0.05) is 248 Å². The largest absolute Gasteiger partial charge is 0.756 e. The first kappa shape index (κ1) is 71.7. The van der Waals surface area contributed by atoms with E-state index in [2.05, 4.69) is 74.6 Å². The fourth-order valence-electron chi connectivity index (χ4n) is 8.69. The molecule has 0 spiro atoms. The Morgan fingerprint density at radius 3 is 1.08 bits per heavy atom. The number of hydrogen-bond acceptors (Lipinski definition) is 8. The topological polar surface area (TPSA) is 111 Å².